The molecular weight excluding hydrogens is 264 g/mol. The average Bonchev–Trinajstić information content (AvgIpc) is 2.23. The standard InChI is InChI=1S/C11H11ClO4S/c12-8-3-6(10(13)11(14)15)1-2-9(8)16-7-4-17-5-7/h1-3,7,10,13H,4-5H2,(H,14,15). The van der Waals surface area contributed by atoms with Gasteiger partial charge in [0.25, 0.3) is 0 Å². The van der Waals surface area contributed by atoms with E-state index < -0.39 is 12.1 Å². The van der Waals surface area contributed by atoms with E-state index in [0.717, 1.165) is 11.5 Å². The van der Waals surface area contributed by atoms with Crippen LogP contribution in [-0.4, -0.2) is 33.8 Å². The number of ether oxygens (including phenoxy) is 1. The van der Waals surface area contributed by atoms with Crippen molar-refractivity contribution in [2.45, 2.75) is 12.2 Å². The van der Waals surface area contributed by atoms with Crippen LogP contribution in [0.25, 0.3) is 0 Å². The van der Waals surface area contributed by atoms with Gasteiger partial charge >= 0.3 is 5.97 Å². The first-order valence-corrected chi connectivity index (χ1v) is 6.56. The molecule has 6 heteroatoms. The summed E-state index contributed by atoms with van der Waals surface area (Å²) in [6, 6.07) is 4.51. The zero-order valence-corrected chi connectivity index (χ0v) is 10.4. The zero-order valence-electron chi connectivity index (χ0n) is 8.80. The SMILES string of the molecule is O=C(O)C(O)c1ccc(OC2CSC2)c(Cl)c1. The highest BCUT2D eigenvalue weighted by atomic mass is 35.5. The topological polar surface area (TPSA) is 66.8 Å². The van der Waals surface area contributed by atoms with Gasteiger partial charge in [-0.05, 0) is 17.7 Å². The third-order valence-electron chi connectivity index (χ3n) is 2.41. The van der Waals surface area contributed by atoms with Crippen LogP contribution in [0.5, 0.6) is 5.75 Å². The normalized spacial score (nSPS) is 17.3. The monoisotopic (exact) mass is 274 g/mol. The minimum atomic E-state index is -1.55. The van der Waals surface area contributed by atoms with E-state index in [9.17, 15) is 9.90 Å². The minimum Gasteiger partial charge on any atom is -0.487 e. The first-order valence-electron chi connectivity index (χ1n) is 5.02. The van der Waals surface area contributed by atoms with Crippen LogP contribution in [0, 0.1) is 0 Å². The number of carbonyl (C=O) groups is 1. The molecule has 0 aliphatic carbocycles. The fourth-order valence-electron chi connectivity index (χ4n) is 1.39. The van der Waals surface area contributed by atoms with Gasteiger partial charge in [0.2, 0.25) is 0 Å². The van der Waals surface area contributed by atoms with Gasteiger partial charge in [-0.2, -0.15) is 11.8 Å². The molecule has 0 saturated carbocycles. The molecule has 1 saturated heterocycles. The molecule has 92 valence electrons. The molecule has 0 spiro atoms. The molecule has 1 aromatic rings. The summed E-state index contributed by atoms with van der Waals surface area (Å²) >= 11 is 7.76. The largest absolute Gasteiger partial charge is 0.487 e. The summed E-state index contributed by atoms with van der Waals surface area (Å²) in [4.78, 5) is 10.6. The lowest BCUT2D eigenvalue weighted by atomic mass is 10.1. The highest BCUT2D eigenvalue weighted by molar-refractivity contribution is 8.00. The van der Waals surface area contributed by atoms with E-state index >= 15 is 0 Å². The Morgan fingerprint density at radius 3 is 2.71 bits per heavy atom. The Kier molecular flexibility index (Phi) is 3.81. The van der Waals surface area contributed by atoms with Gasteiger partial charge in [-0.1, -0.05) is 17.7 Å². The third-order valence-corrected chi connectivity index (χ3v) is 3.92. The predicted octanol–water partition coefficient (Wildman–Crippen LogP) is 1.95. The maximum atomic E-state index is 10.6. The summed E-state index contributed by atoms with van der Waals surface area (Å²) in [6.45, 7) is 0. The molecule has 1 atom stereocenters. The number of halogens is 1. The van der Waals surface area contributed by atoms with Crippen LogP contribution in [0.2, 0.25) is 5.02 Å². The van der Waals surface area contributed by atoms with Crippen molar-refractivity contribution < 1.29 is 19.7 Å². The number of carboxylic acid groups (broad SMARTS) is 1. The summed E-state index contributed by atoms with van der Waals surface area (Å²) in [7, 11) is 0. The van der Waals surface area contributed by atoms with Gasteiger partial charge in [-0.25, -0.2) is 4.79 Å². The van der Waals surface area contributed by atoms with Crippen LogP contribution >= 0.6 is 23.4 Å². The van der Waals surface area contributed by atoms with Crippen LogP contribution in [0.3, 0.4) is 0 Å². The summed E-state index contributed by atoms with van der Waals surface area (Å²) in [6.07, 6.45) is -1.38. The van der Waals surface area contributed by atoms with Crippen molar-refractivity contribution in [3.8, 4) is 5.75 Å². The molecule has 1 heterocycles. The Hall–Kier alpha value is -0.910. The molecule has 1 aromatic carbocycles. The molecule has 0 amide bonds. The van der Waals surface area contributed by atoms with Gasteiger partial charge in [0.05, 0.1) is 5.02 Å². The molecule has 17 heavy (non-hydrogen) atoms. The van der Waals surface area contributed by atoms with E-state index in [-0.39, 0.29) is 11.7 Å². The molecule has 1 aliphatic heterocycles. The molecule has 0 aromatic heterocycles. The molecular formula is C11H11ClO4S. The van der Waals surface area contributed by atoms with Crippen molar-refractivity contribution in [3.05, 3.63) is 28.8 Å². The van der Waals surface area contributed by atoms with Gasteiger partial charge in [0.15, 0.2) is 6.10 Å². The van der Waals surface area contributed by atoms with Crippen LogP contribution in [0.15, 0.2) is 18.2 Å². The summed E-state index contributed by atoms with van der Waals surface area (Å²) in [5, 5.41) is 18.3. The van der Waals surface area contributed by atoms with Gasteiger partial charge in [-0.15, -0.1) is 0 Å². The van der Waals surface area contributed by atoms with Crippen molar-refractivity contribution in [2.75, 3.05) is 11.5 Å². The number of hydrogen-bond donors (Lipinski definition) is 2. The molecule has 2 rings (SSSR count). The Morgan fingerprint density at radius 1 is 1.53 bits per heavy atom. The zero-order chi connectivity index (χ0) is 12.4. The third kappa shape index (κ3) is 2.86. The molecule has 2 N–H and O–H groups in total. The van der Waals surface area contributed by atoms with Crippen LogP contribution in [-0.2, 0) is 4.79 Å². The Balaban J connectivity index is 2.13. The lowest BCUT2D eigenvalue weighted by molar-refractivity contribution is -0.146. The molecule has 0 bridgehead atoms. The van der Waals surface area contributed by atoms with Crippen molar-refractivity contribution >= 4 is 29.3 Å². The highest BCUT2D eigenvalue weighted by Gasteiger charge is 2.22. The summed E-state index contributed by atoms with van der Waals surface area (Å²) in [5.41, 5.74) is 0.248. The number of rotatable bonds is 4. The Morgan fingerprint density at radius 2 is 2.24 bits per heavy atom. The maximum absolute atomic E-state index is 10.6. The number of carboxylic acids is 1. The fourth-order valence-corrected chi connectivity index (χ4v) is 2.18. The fraction of sp³-hybridized carbons (Fsp3) is 0.364. The van der Waals surface area contributed by atoms with E-state index in [2.05, 4.69) is 0 Å². The summed E-state index contributed by atoms with van der Waals surface area (Å²) in [5.74, 6) is 1.11. The quantitative estimate of drug-likeness (QED) is 0.878. The molecule has 1 aliphatic rings. The first kappa shape index (κ1) is 12.5. The molecule has 0 radical (unpaired) electrons. The van der Waals surface area contributed by atoms with Crippen LogP contribution < -0.4 is 4.74 Å². The Labute approximate surface area is 108 Å². The van der Waals surface area contributed by atoms with Crippen LogP contribution in [0.4, 0.5) is 0 Å². The molecule has 1 fully saturated rings. The van der Waals surface area contributed by atoms with E-state index in [0.29, 0.717) is 10.8 Å². The lowest BCUT2D eigenvalue weighted by Crippen LogP contribution is -2.31. The molecule has 4 nitrogen and oxygen atoms in total. The van der Waals surface area contributed by atoms with Gasteiger partial charge < -0.3 is 14.9 Å². The predicted molar refractivity (Wildman–Crippen MR) is 65.8 cm³/mol. The van der Waals surface area contributed by atoms with E-state index in [1.165, 1.54) is 12.1 Å². The van der Waals surface area contributed by atoms with Crippen molar-refractivity contribution in [3.63, 3.8) is 0 Å². The Bertz CT molecular complexity index is 433. The molecule has 1 unspecified atom stereocenters. The lowest BCUT2D eigenvalue weighted by Gasteiger charge is -2.26. The number of hydrogen-bond acceptors (Lipinski definition) is 4. The van der Waals surface area contributed by atoms with Crippen LogP contribution in [0.1, 0.15) is 11.7 Å². The number of aliphatic carboxylic acids is 1. The van der Waals surface area contributed by atoms with Crippen molar-refractivity contribution in [1.29, 1.82) is 0 Å². The second-order valence-electron chi connectivity index (χ2n) is 3.71. The number of aliphatic hydroxyl groups is 1. The first-order chi connectivity index (χ1) is 8.08. The van der Waals surface area contributed by atoms with E-state index in [1.54, 1.807) is 17.8 Å². The summed E-state index contributed by atoms with van der Waals surface area (Å²) < 4.78 is 5.59. The second kappa shape index (κ2) is 5.16. The van der Waals surface area contributed by atoms with E-state index in [1.807, 2.05) is 0 Å². The maximum Gasteiger partial charge on any atom is 0.337 e. The van der Waals surface area contributed by atoms with Gasteiger partial charge in [-0.3, -0.25) is 0 Å². The number of thioether (sulfide) groups is 1. The van der Waals surface area contributed by atoms with E-state index in [4.69, 9.17) is 21.4 Å². The average molecular weight is 275 g/mol. The van der Waals surface area contributed by atoms with Gasteiger partial charge in [0, 0.05) is 11.5 Å². The minimum absolute atomic E-state index is 0.174. The van der Waals surface area contributed by atoms with Gasteiger partial charge in [0.1, 0.15) is 11.9 Å². The number of aliphatic hydroxyl groups excluding tert-OH is 1. The number of benzene rings is 1. The highest BCUT2D eigenvalue weighted by Crippen LogP contribution is 2.31. The second-order valence-corrected chi connectivity index (χ2v) is 5.19. The smallest absolute Gasteiger partial charge is 0.337 e. The van der Waals surface area contributed by atoms with Crippen molar-refractivity contribution in [1.82, 2.24) is 0 Å². The van der Waals surface area contributed by atoms with Crippen molar-refractivity contribution in [2.24, 2.45) is 0 Å².